The number of benzene rings is 1. The molecule has 1 amide bonds. The number of nitrogens with zero attached hydrogens (tertiary/aromatic N) is 1. The van der Waals surface area contributed by atoms with Crippen molar-refractivity contribution in [2.75, 3.05) is 23.8 Å². The van der Waals surface area contributed by atoms with Gasteiger partial charge in [-0.15, -0.1) is 0 Å². The number of carbonyl (C=O) groups excluding carboxylic acids is 1. The maximum Gasteiger partial charge on any atom is 0.259 e. The van der Waals surface area contributed by atoms with Crippen LogP contribution in [0, 0.1) is 0 Å². The lowest BCUT2D eigenvalue weighted by Crippen LogP contribution is -2.22. The van der Waals surface area contributed by atoms with Gasteiger partial charge in [-0.1, -0.05) is 6.07 Å². The summed E-state index contributed by atoms with van der Waals surface area (Å²) < 4.78 is 6.99. The fourth-order valence-electron chi connectivity index (χ4n) is 2.22. The Morgan fingerprint density at radius 1 is 1.33 bits per heavy atom. The highest BCUT2D eigenvalue weighted by molar-refractivity contribution is 6.07. The molecule has 0 bridgehead atoms. The minimum absolute atomic E-state index is 0.127. The van der Waals surface area contributed by atoms with Crippen molar-refractivity contribution in [3.05, 3.63) is 52.4 Å². The van der Waals surface area contributed by atoms with Crippen molar-refractivity contribution >= 4 is 17.3 Å². The zero-order chi connectivity index (χ0) is 14.8. The number of aromatic nitrogens is 1. The zero-order valence-electron chi connectivity index (χ0n) is 11.6. The molecule has 2 aromatic rings. The van der Waals surface area contributed by atoms with Gasteiger partial charge in [-0.25, -0.2) is 0 Å². The molecule has 1 aliphatic heterocycles. The Bertz CT molecular complexity index is 752. The van der Waals surface area contributed by atoms with Crippen LogP contribution in [0.5, 0.6) is 5.75 Å². The van der Waals surface area contributed by atoms with Crippen molar-refractivity contribution < 1.29 is 9.53 Å². The Morgan fingerprint density at radius 2 is 2.19 bits per heavy atom. The number of para-hydroxylation sites is 1. The number of aryl methyl sites for hydroxylation is 1. The van der Waals surface area contributed by atoms with Crippen LogP contribution in [0.25, 0.3) is 0 Å². The third-order valence-electron chi connectivity index (χ3n) is 3.27. The van der Waals surface area contributed by atoms with Gasteiger partial charge in [-0.2, -0.15) is 0 Å². The molecule has 6 nitrogen and oxygen atoms in total. The Hall–Kier alpha value is -2.76. The molecule has 0 unspecified atom stereocenters. The van der Waals surface area contributed by atoms with Gasteiger partial charge in [0.15, 0.2) is 5.75 Å². The van der Waals surface area contributed by atoms with Crippen LogP contribution in [0.3, 0.4) is 0 Å². The number of ether oxygens (including phenoxy) is 1. The van der Waals surface area contributed by atoms with E-state index in [9.17, 15) is 9.59 Å². The largest absolute Gasteiger partial charge is 0.489 e. The van der Waals surface area contributed by atoms with Crippen molar-refractivity contribution in [2.24, 2.45) is 7.05 Å². The zero-order valence-corrected chi connectivity index (χ0v) is 11.6. The monoisotopic (exact) mass is 285 g/mol. The molecule has 6 heteroatoms. The lowest BCUT2D eigenvalue weighted by Gasteiger charge is -2.21. The first kappa shape index (κ1) is 13.2. The average molecular weight is 285 g/mol. The van der Waals surface area contributed by atoms with E-state index in [1.54, 1.807) is 31.4 Å². The fraction of sp³-hybridized carbons (Fsp3) is 0.200. The van der Waals surface area contributed by atoms with Gasteiger partial charge in [0.05, 0.1) is 16.9 Å². The van der Waals surface area contributed by atoms with Gasteiger partial charge in [-0.05, 0) is 18.2 Å². The highest BCUT2D eigenvalue weighted by atomic mass is 16.5. The minimum Gasteiger partial charge on any atom is -0.489 e. The molecular formula is C15H15N3O3. The molecule has 0 radical (unpaired) electrons. The second-order valence-corrected chi connectivity index (χ2v) is 4.78. The number of rotatable bonds is 2. The maximum atomic E-state index is 12.4. The quantitative estimate of drug-likeness (QED) is 0.876. The standard InChI is InChI=1S/C15H15N3O3/c1-18-9-10(5-6-13(18)19)17-15(20)11-3-2-4-12-14(11)21-8-7-16-12/h2-6,9,16H,7-8H2,1H3,(H,17,20). The SMILES string of the molecule is Cn1cc(NC(=O)c2cccc3c2OCCN3)ccc1=O. The van der Waals surface area contributed by atoms with Crippen LogP contribution in [-0.2, 0) is 7.05 Å². The fourth-order valence-corrected chi connectivity index (χ4v) is 2.22. The summed E-state index contributed by atoms with van der Waals surface area (Å²) in [6, 6.07) is 8.37. The second-order valence-electron chi connectivity index (χ2n) is 4.78. The highest BCUT2D eigenvalue weighted by Gasteiger charge is 2.19. The van der Waals surface area contributed by atoms with Gasteiger partial charge in [0.2, 0.25) is 5.56 Å². The summed E-state index contributed by atoms with van der Waals surface area (Å²) in [5.41, 5.74) is 1.71. The Balaban J connectivity index is 1.89. The summed E-state index contributed by atoms with van der Waals surface area (Å²) in [4.78, 5) is 23.7. The molecule has 1 aromatic carbocycles. The molecule has 0 spiro atoms. The number of fused-ring (bicyclic) bond motifs is 1. The molecule has 108 valence electrons. The number of pyridine rings is 1. The average Bonchev–Trinajstić information content (AvgIpc) is 2.50. The van der Waals surface area contributed by atoms with Gasteiger partial charge >= 0.3 is 0 Å². The smallest absolute Gasteiger partial charge is 0.259 e. The molecule has 0 aliphatic carbocycles. The van der Waals surface area contributed by atoms with Crippen LogP contribution >= 0.6 is 0 Å². The van der Waals surface area contributed by atoms with E-state index >= 15 is 0 Å². The van der Waals surface area contributed by atoms with E-state index < -0.39 is 0 Å². The van der Waals surface area contributed by atoms with Crippen molar-refractivity contribution in [1.82, 2.24) is 4.57 Å². The third-order valence-corrected chi connectivity index (χ3v) is 3.27. The van der Waals surface area contributed by atoms with Gasteiger partial charge in [0, 0.05) is 25.9 Å². The molecule has 2 N–H and O–H groups in total. The molecule has 0 saturated heterocycles. The Labute approximate surface area is 121 Å². The number of hydrogen-bond donors (Lipinski definition) is 2. The van der Waals surface area contributed by atoms with Crippen LogP contribution in [-0.4, -0.2) is 23.6 Å². The second kappa shape index (κ2) is 5.32. The number of nitrogens with one attached hydrogen (secondary N) is 2. The van der Waals surface area contributed by atoms with E-state index in [1.807, 2.05) is 6.07 Å². The van der Waals surface area contributed by atoms with E-state index in [1.165, 1.54) is 10.6 Å². The Morgan fingerprint density at radius 3 is 3.00 bits per heavy atom. The van der Waals surface area contributed by atoms with E-state index in [0.717, 1.165) is 12.2 Å². The molecule has 0 saturated carbocycles. The summed E-state index contributed by atoms with van der Waals surface area (Å²) in [5.74, 6) is 0.292. The van der Waals surface area contributed by atoms with Gasteiger partial charge in [0.1, 0.15) is 6.61 Å². The predicted molar refractivity (Wildman–Crippen MR) is 80.1 cm³/mol. The van der Waals surface area contributed by atoms with Crippen LogP contribution < -0.4 is 20.9 Å². The molecule has 3 rings (SSSR count). The number of hydrogen-bond acceptors (Lipinski definition) is 4. The summed E-state index contributed by atoms with van der Waals surface area (Å²) >= 11 is 0. The molecule has 21 heavy (non-hydrogen) atoms. The summed E-state index contributed by atoms with van der Waals surface area (Å²) in [5, 5.41) is 5.96. The molecule has 0 fully saturated rings. The normalized spacial score (nSPS) is 12.8. The summed E-state index contributed by atoms with van der Waals surface area (Å²) in [6.45, 7) is 1.25. The van der Waals surface area contributed by atoms with Gasteiger partial charge < -0.3 is 19.9 Å². The van der Waals surface area contributed by atoms with Crippen molar-refractivity contribution in [1.29, 1.82) is 0 Å². The first-order valence-electron chi connectivity index (χ1n) is 6.63. The lowest BCUT2D eigenvalue weighted by atomic mass is 10.1. The van der Waals surface area contributed by atoms with E-state index in [0.29, 0.717) is 23.6 Å². The summed E-state index contributed by atoms with van der Waals surface area (Å²) in [6.07, 6.45) is 1.58. The third kappa shape index (κ3) is 2.60. The van der Waals surface area contributed by atoms with Crippen LogP contribution in [0.1, 0.15) is 10.4 Å². The first-order valence-corrected chi connectivity index (χ1v) is 6.63. The Kier molecular flexibility index (Phi) is 3.35. The number of amides is 1. The molecule has 2 heterocycles. The van der Waals surface area contributed by atoms with Crippen LogP contribution in [0.15, 0.2) is 41.3 Å². The van der Waals surface area contributed by atoms with Gasteiger partial charge in [0.25, 0.3) is 5.91 Å². The van der Waals surface area contributed by atoms with Crippen molar-refractivity contribution in [3.8, 4) is 5.75 Å². The minimum atomic E-state index is -0.269. The highest BCUT2D eigenvalue weighted by Crippen LogP contribution is 2.31. The first-order chi connectivity index (χ1) is 10.1. The maximum absolute atomic E-state index is 12.4. The molecule has 1 aliphatic rings. The number of carbonyl (C=O) groups is 1. The van der Waals surface area contributed by atoms with Crippen molar-refractivity contribution in [3.63, 3.8) is 0 Å². The predicted octanol–water partition coefficient (Wildman–Crippen LogP) is 1.44. The van der Waals surface area contributed by atoms with E-state index in [-0.39, 0.29) is 11.5 Å². The molecule has 0 atom stereocenters. The van der Waals surface area contributed by atoms with E-state index in [4.69, 9.17) is 4.74 Å². The molecule has 1 aromatic heterocycles. The van der Waals surface area contributed by atoms with Crippen molar-refractivity contribution in [2.45, 2.75) is 0 Å². The topological polar surface area (TPSA) is 72.4 Å². The molecular weight excluding hydrogens is 270 g/mol. The van der Waals surface area contributed by atoms with Crippen LogP contribution in [0.4, 0.5) is 11.4 Å². The van der Waals surface area contributed by atoms with Gasteiger partial charge in [-0.3, -0.25) is 9.59 Å². The van der Waals surface area contributed by atoms with Crippen LogP contribution in [0.2, 0.25) is 0 Å². The number of anilines is 2. The van der Waals surface area contributed by atoms with E-state index in [2.05, 4.69) is 10.6 Å². The summed E-state index contributed by atoms with van der Waals surface area (Å²) in [7, 11) is 1.63. The lowest BCUT2D eigenvalue weighted by molar-refractivity contribution is 0.102.